The van der Waals surface area contributed by atoms with Crippen molar-refractivity contribution in [3.63, 3.8) is 0 Å². The maximum absolute atomic E-state index is 12.7. The van der Waals surface area contributed by atoms with Gasteiger partial charge >= 0.3 is 6.01 Å². The molecule has 4 heterocycles. The van der Waals surface area contributed by atoms with Crippen LogP contribution in [0, 0.1) is 6.92 Å². The van der Waals surface area contributed by atoms with Gasteiger partial charge in [-0.15, -0.1) is 0 Å². The van der Waals surface area contributed by atoms with Gasteiger partial charge in [0.25, 0.3) is 5.91 Å². The van der Waals surface area contributed by atoms with Crippen molar-refractivity contribution in [2.75, 3.05) is 13.2 Å². The second-order valence-electron chi connectivity index (χ2n) is 8.58. The highest BCUT2D eigenvalue weighted by Crippen LogP contribution is 2.36. The first kappa shape index (κ1) is 21.4. The first-order valence-electron chi connectivity index (χ1n) is 11.3. The molecule has 0 aliphatic carbocycles. The average Bonchev–Trinajstić information content (AvgIpc) is 3.67. The maximum atomic E-state index is 12.7. The number of hydrogen-bond donors (Lipinski definition) is 1. The molecule has 11 heteroatoms. The van der Waals surface area contributed by atoms with Crippen molar-refractivity contribution >= 4 is 5.91 Å². The Bertz CT molecular complexity index is 1300. The number of ether oxygens (including phenoxy) is 3. The molecule has 6 rings (SSSR count). The van der Waals surface area contributed by atoms with Gasteiger partial charge in [-0.05, 0) is 53.7 Å². The van der Waals surface area contributed by atoms with Gasteiger partial charge in [0.2, 0.25) is 0 Å². The smallest absolute Gasteiger partial charge is 0.341 e. The predicted molar refractivity (Wildman–Crippen MR) is 122 cm³/mol. The quantitative estimate of drug-likeness (QED) is 0.452. The van der Waals surface area contributed by atoms with Crippen molar-refractivity contribution in [1.29, 1.82) is 0 Å². The van der Waals surface area contributed by atoms with E-state index < -0.39 is 0 Å². The molecule has 2 aliphatic rings. The van der Waals surface area contributed by atoms with Crippen LogP contribution in [0.5, 0.6) is 11.8 Å². The van der Waals surface area contributed by atoms with Gasteiger partial charge in [-0.2, -0.15) is 4.68 Å². The molecule has 0 spiro atoms. The zero-order chi connectivity index (χ0) is 23.8. The molecule has 11 nitrogen and oxygen atoms in total. The Balaban J connectivity index is 1.13. The monoisotopic (exact) mass is 473 g/mol. The van der Waals surface area contributed by atoms with E-state index in [1.54, 1.807) is 17.2 Å². The van der Waals surface area contributed by atoms with Gasteiger partial charge < -0.3 is 24.1 Å². The molecule has 1 N–H and O–H groups in total. The summed E-state index contributed by atoms with van der Waals surface area (Å²) in [5.41, 5.74) is 2.66. The largest absolute Gasteiger partial charge is 0.423 e. The summed E-state index contributed by atoms with van der Waals surface area (Å²) in [4.78, 5) is 16.7. The van der Waals surface area contributed by atoms with Crippen LogP contribution in [0.3, 0.4) is 0 Å². The van der Waals surface area contributed by atoms with Crippen LogP contribution in [0.1, 0.15) is 22.0 Å². The lowest BCUT2D eigenvalue weighted by Gasteiger charge is -2.18. The lowest BCUT2D eigenvalue weighted by molar-refractivity contribution is 0.0606. The third-order valence-corrected chi connectivity index (χ3v) is 6.28. The Morgan fingerprint density at radius 1 is 1.06 bits per heavy atom. The van der Waals surface area contributed by atoms with E-state index in [2.05, 4.69) is 25.8 Å². The van der Waals surface area contributed by atoms with E-state index >= 15 is 0 Å². The minimum atomic E-state index is -0.312. The molecule has 0 saturated carbocycles. The Labute approximate surface area is 200 Å². The molecule has 0 unspecified atom stereocenters. The predicted octanol–water partition coefficient (Wildman–Crippen LogP) is 2.10. The van der Waals surface area contributed by atoms with Crippen molar-refractivity contribution in [2.45, 2.75) is 31.2 Å². The second-order valence-corrected chi connectivity index (χ2v) is 8.58. The van der Waals surface area contributed by atoms with Crippen LogP contribution in [0.15, 0.2) is 67.3 Å². The maximum Gasteiger partial charge on any atom is 0.341 e. The van der Waals surface area contributed by atoms with Crippen molar-refractivity contribution in [3.05, 3.63) is 78.4 Å². The SMILES string of the molecule is Cc1ccc(C(=O)N[C@@H]2CO[C@@H]3[C@@H]2OC[C@@H]3n2nnnc2Oc2ccc(-n3ccnc3)cc2)cc1. The highest BCUT2D eigenvalue weighted by Gasteiger charge is 2.50. The molecule has 0 radical (unpaired) electrons. The molecule has 2 aromatic heterocycles. The van der Waals surface area contributed by atoms with Crippen LogP contribution in [-0.2, 0) is 9.47 Å². The Morgan fingerprint density at radius 3 is 2.63 bits per heavy atom. The van der Waals surface area contributed by atoms with E-state index in [0.717, 1.165) is 11.3 Å². The number of benzene rings is 2. The van der Waals surface area contributed by atoms with Gasteiger partial charge in [0.1, 0.15) is 24.0 Å². The van der Waals surface area contributed by atoms with Gasteiger partial charge in [-0.3, -0.25) is 4.79 Å². The molecular formula is C24H23N7O4. The number of nitrogens with one attached hydrogen (secondary N) is 1. The molecule has 4 atom stereocenters. The van der Waals surface area contributed by atoms with Crippen LogP contribution in [0.25, 0.3) is 5.69 Å². The molecule has 4 aromatic rings. The summed E-state index contributed by atoms with van der Waals surface area (Å²) >= 11 is 0. The number of rotatable bonds is 6. The topological polar surface area (TPSA) is 118 Å². The van der Waals surface area contributed by atoms with Crippen LogP contribution in [0.2, 0.25) is 0 Å². The van der Waals surface area contributed by atoms with Gasteiger partial charge in [-0.25, -0.2) is 4.98 Å². The number of fused-ring (bicyclic) bond motifs is 1. The first-order valence-corrected chi connectivity index (χ1v) is 11.3. The highest BCUT2D eigenvalue weighted by molar-refractivity contribution is 5.94. The van der Waals surface area contributed by atoms with Crippen molar-refractivity contribution in [3.8, 4) is 17.4 Å². The summed E-state index contributed by atoms with van der Waals surface area (Å²) in [6, 6.07) is 14.6. The van der Waals surface area contributed by atoms with Crippen molar-refractivity contribution in [1.82, 2.24) is 35.1 Å². The summed E-state index contributed by atoms with van der Waals surface area (Å²) < 4.78 is 21.5. The number of nitrogens with zero attached hydrogens (tertiary/aromatic N) is 6. The summed E-state index contributed by atoms with van der Waals surface area (Å²) in [7, 11) is 0. The number of aromatic nitrogens is 6. The number of carbonyl (C=O) groups is 1. The lowest BCUT2D eigenvalue weighted by Crippen LogP contribution is -2.44. The van der Waals surface area contributed by atoms with E-state index in [4.69, 9.17) is 14.2 Å². The summed E-state index contributed by atoms with van der Waals surface area (Å²) in [5.74, 6) is 0.438. The number of amides is 1. The molecule has 2 saturated heterocycles. The molecule has 0 bridgehead atoms. The Morgan fingerprint density at radius 2 is 1.86 bits per heavy atom. The summed E-state index contributed by atoms with van der Waals surface area (Å²) in [6.45, 7) is 2.67. The Kier molecular flexibility index (Phi) is 5.47. The van der Waals surface area contributed by atoms with E-state index in [1.807, 2.05) is 66.2 Å². The number of hydrogen-bond acceptors (Lipinski definition) is 8. The minimum absolute atomic E-state index is 0.156. The van der Waals surface area contributed by atoms with Gasteiger partial charge in [0, 0.05) is 23.6 Å². The Hall–Kier alpha value is -4.09. The fraction of sp³-hybridized carbons (Fsp3) is 0.292. The third-order valence-electron chi connectivity index (χ3n) is 6.28. The fourth-order valence-electron chi connectivity index (χ4n) is 4.43. The minimum Gasteiger partial charge on any atom is -0.423 e. The number of carbonyl (C=O) groups excluding carboxylic acids is 1. The zero-order valence-electron chi connectivity index (χ0n) is 18.9. The third kappa shape index (κ3) is 4.15. The van der Waals surface area contributed by atoms with Gasteiger partial charge in [-0.1, -0.05) is 22.8 Å². The summed E-state index contributed by atoms with van der Waals surface area (Å²) in [6.07, 6.45) is 4.70. The molecule has 178 valence electrons. The summed E-state index contributed by atoms with van der Waals surface area (Å²) in [5, 5.41) is 15.0. The van der Waals surface area contributed by atoms with Crippen LogP contribution in [-0.4, -0.2) is 67.1 Å². The lowest BCUT2D eigenvalue weighted by atomic mass is 10.1. The second kappa shape index (κ2) is 8.93. The van der Waals surface area contributed by atoms with Crippen LogP contribution in [0.4, 0.5) is 0 Å². The molecular weight excluding hydrogens is 450 g/mol. The van der Waals surface area contributed by atoms with Crippen molar-refractivity contribution in [2.24, 2.45) is 0 Å². The fourth-order valence-corrected chi connectivity index (χ4v) is 4.43. The number of imidazole rings is 1. The zero-order valence-corrected chi connectivity index (χ0v) is 18.9. The van der Waals surface area contributed by atoms with Crippen LogP contribution < -0.4 is 10.1 Å². The highest BCUT2D eigenvalue weighted by atomic mass is 16.6. The van der Waals surface area contributed by atoms with Gasteiger partial charge in [0.15, 0.2) is 0 Å². The average molecular weight is 473 g/mol. The van der Waals surface area contributed by atoms with Crippen molar-refractivity contribution < 1.29 is 19.0 Å². The molecule has 2 aromatic carbocycles. The molecule has 35 heavy (non-hydrogen) atoms. The number of aryl methyl sites for hydroxylation is 1. The molecule has 2 aliphatic heterocycles. The van der Waals surface area contributed by atoms with E-state index in [-0.39, 0.29) is 36.2 Å². The van der Waals surface area contributed by atoms with Gasteiger partial charge in [0.05, 0.1) is 25.6 Å². The van der Waals surface area contributed by atoms with E-state index in [9.17, 15) is 4.79 Å². The van der Waals surface area contributed by atoms with E-state index in [1.165, 1.54) is 0 Å². The van der Waals surface area contributed by atoms with Crippen LogP contribution >= 0.6 is 0 Å². The molecule has 1 amide bonds. The normalized spacial score (nSPS) is 23.2. The molecule has 2 fully saturated rings. The van der Waals surface area contributed by atoms with E-state index in [0.29, 0.717) is 24.5 Å². The first-order chi connectivity index (χ1) is 17.2. The standard InChI is InChI=1S/C24H23N7O4/c1-15-2-4-16(5-3-15)23(32)26-19-12-33-22-20(13-34-21(19)22)31-24(27-28-29-31)35-18-8-6-17(7-9-18)30-11-10-25-14-30/h2-11,14,19-22H,12-13H2,1H3,(H,26,32)/t19-,20+,21-,22+/m1/s1. The number of tetrazole rings is 1.